The number of nitrogens with one attached hydrogen (secondary N) is 2. The quantitative estimate of drug-likeness (QED) is 0.804. The van der Waals surface area contributed by atoms with Crippen LogP contribution in [0.3, 0.4) is 0 Å². The number of hydrogen-bond donors (Lipinski definition) is 2. The fourth-order valence-electron chi connectivity index (χ4n) is 1.73. The number of hydrazone groups is 1. The van der Waals surface area contributed by atoms with Crippen LogP contribution in [0.25, 0.3) is 0 Å². The molecule has 0 spiro atoms. The normalized spacial score (nSPS) is 13.6. The molecule has 1 aromatic rings. The van der Waals surface area contributed by atoms with E-state index < -0.39 is 11.8 Å². The number of rotatable bonds is 4. The average Bonchev–Trinajstić information content (AvgIpc) is 2.86. The van der Waals surface area contributed by atoms with Crippen LogP contribution in [0, 0.1) is 0 Å². The maximum absolute atomic E-state index is 11.9. The summed E-state index contributed by atoms with van der Waals surface area (Å²) in [5.74, 6) is -0.979. The molecule has 0 saturated heterocycles. The monoisotopic (exact) mass is 320 g/mol. The zero-order valence-electron chi connectivity index (χ0n) is 11.5. The lowest BCUT2D eigenvalue weighted by Gasteiger charge is -2.10. The molecule has 22 heavy (non-hydrogen) atoms. The molecule has 0 aliphatic carbocycles. The number of halogens is 1. The van der Waals surface area contributed by atoms with Gasteiger partial charge in [0, 0.05) is 5.02 Å². The Balaban J connectivity index is 1.98. The van der Waals surface area contributed by atoms with Gasteiger partial charge in [0.15, 0.2) is 0 Å². The van der Waals surface area contributed by atoms with E-state index in [1.54, 1.807) is 24.3 Å². The second kappa shape index (κ2) is 6.86. The largest absolute Gasteiger partial charge is 0.343 e. The van der Waals surface area contributed by atoms with Crippen LogP contribution in [0.5, 0.6) is 0 Å². The number of hydrogen-bond acceptors (Lipinski definition) is 4. The Morgan fingerprint density at radius 2 is 2.05 bits per heavy atom. The van der Waals surface area contributed by atoms with E-state index in [1.165, 1.54) is 5.01 Å². The summed E-state index contributed by atoms with van der Waals surface area (Å²) < 4.78 is 0. The van der Waals surface area contributed by atoms with Gasteiger partial charge in [-0.2, -0.15) is 10.1 Å². The van der Waals surface area contributed by atoms with Crippen molar-refractivity contribution in [3.8, 4) is 0 Å². The minimum absolute atomic E-state index is 0.0240. The minimum atomic E-state index is -0.472. The maximum atomic E-state index is 11.9. The molecular weight excluding hydrogens is 308 g/mol. The summed E-state index contributed by atoms with van der Waals surface area (Å²) in [6.45, 7) is 3.05. The van der Waals surface area contributed by atoms with Crippen molar-refractivity contribution < 1.29 is 14.4 Å². The molecule has 0 saturated carbocycles. The molecule has 1 aliphatic rings. The summed E-state index contributed by atoms with van der Waals surface area (Å²) in [4.78, 5) is 34.5. The third-order valence-electron chi connectivity index (χ3n) is 2.74. The van der Waals surface area contributed by atoms with Crippen LogP contribution in [0.4, 0.5) is 5.69 Å². The zero-order chi connectivity index (χ0) is 16.1. The van der Waals surface area contributed by atoms with Gasteiger partial charge in [-0.1, -0.05) is 18.2 Å². The lowest BCUT2D eigenvalue weighted by molar-refractivity contribution is -0.123. The Bertz CT molecular complexity index is 655. The molecule has 0 unspecified atom stereocenters. The highest BCUT2D eigenvalue weighted by molar-refractivity contribution is 6.30. The van der Waals surface area contributed by atoms with E-state index in [2.05, 4.69) is 22.3 Å². The van der Waals surface area contributed by atoms with Gasteiger partial charge in [-0.3, -0.25) is 14.4 Å². The van der Waals surface area contributed by atoms with E-state index in [-0.39, 0.29) is 24.7 Å². The SMILES string of the molecule is C=CC(=O)NCC(=O)NC1=NN(c2ccc(Cl)cc2)C(=O)C1. The molecule has 1 aliphatic heterocycles. The zero-order valence-corrected chi connectivity index (χ0v) is 12.3. The van der Waals surface area contributed by atoms with Crippen molar-refractivity contribution in [2.24, 2.45) is 5.10 Å². The van der Waals surface area contributed by atoms with Gasteiger partial charge < -0.3 is 10.6 Å². The van der Waals surface area contributed by atoms with Gasteiger partial charge in [0.1, 0.15) is 5.84 Å². The van der Waals surface area contributed by atoms with E-state index in [0.29, 0.717) is 10.7 Å². The summed E-state index contributed by atoms with van der Waals surface area (Å²) in [5, 5.41) is 10.6. The third-order valence-corrected chi connectivity index (χ3v) is 2.99. The van der Waals surface area contributed by atoms with Crippen LogP contribution in [0.1, 0.15) is 6.42 Å². The third kappa shape index (κ3) is 3.92. The van der Waals surface area contributed by atoms with Gasteiger partial charge in [-0.25, -0.2) is 0 Å². The van der Waals surface area contributed by atoms with Crippen molar-refractivity contribution in [1.82, 2.24) is 10.6 Å². The highest BCUT2D eigenvalue weighted by Gasteiger charge is 2.26. The van der Waals surface area contributed by atoms with Crippen LogP contribution in [0.2, 0.25) is 5.02 Å². The van der Waals surface area contributed by atoms with Gasteiger partial charge in [0.25, 0.3) is 5.91 Å². The van der Waals surface area contributed by atoms with Crippen molar-refractivity contribution in [2.45, 2.75) is 6.42 Å². The lowest BCUT2D eigenvalue weighted by Crippen LogP contribution is -2.39. The Kier molecular flexibility index (Phi) is 4.90. The molecular formula is C14H13ClN4O3. The van der Waals surface area contributed by atoms with Crippen molar-refractivity contribution >= 4 is 40.8 Å². The number of benzene rings is 1. The van der Waals surface area contributed by atoms with Crippen LogP contribution in [0.15, 0.2) is 42.0 Å². The lowest BCUT2D eigenvalue weighted by atomic mass is 10.3. The fraction of sp³-hybridized carbons (Fsp3) is 0.143. The predicted molar refractivity (Wildman–Crippen MR) is 82.3 cm³/mol. The summed E-state index contributed by atoms with van der Waals surface area (Å²) in [7, 11) is 0. The van der Waals surface area contributed by atoms with Crippen LogP contribution < -0.4 is 15.6 Å². The van der Waals surface area contributed by atoms with Gasteiger partial charge >= 0.3 is 0 Å². The molecule has 3 amide bonds. The summed E-state index contributed by atoms with van der Waals surface area (Å²) >= 11 is 5.79. The molecule has 0 bridgehead atoms. The first-order valence-corrected chi connectivity index (χ1v) is 6.73. The summed E-state index contributed by atoms with van der Waals surface area (Å²) in [6, 6.07) is 6.58. The Hall–Kier alpha value is -2.67. The maximum Gasteiger partial charge on any atom is 0.255 e. The average molecular weight is 321 g/mol. The van der Waals surface area contributed by atoms with Crippen molar-refractivity contribution in [3.05, 3.63) is 41.9 Å². The molecule has 2 N–H and O–H groups in total. The van der Waals surface area contributed by atoms with E-state index in [1.807, 2.05) is 0 Å². The van der Waals surface area contributed by atoms with E-state index in [0.717, 1.165) is 6.08 Å². The smallest absolute Gasteiger partial charge is 0.255 e. The second-order valence-corrected chi connectivity index (χ2v) is 4.81. The highest BCUT2D eigenvalue weighted by atomic mass is 35.5. The fourth-order valence-corrected chi connectivity index (χ4v) is 1.85. The van der Waals surface area contributed by atoms with Crippen LogP contribution in [-0.2, 0) is 14.4 Å². The Morgan fingerprint density at radius 1 is 1.36 bits per heavy atom. The van der Waals surface area contributed by atoms with E-state index in [9.17, 15) is 14.4 Å². The Labute approximate surface area is 131 Å². The number of amidine groups is 1. The molecule has 0 aromatic heterocycles. The number of carbonyl (C=O) groups excluding carboxylic acids is 3. The molecule has 0 radical (unpaired) electrons. The first-order chi connectivity index (χ1) is 10.5. The number of amides is 3. The summed E-state index contributed by atoms with van der Waals surface area (Å²) in [5.41, 5.74) is 0.554. The number of carbonyl (C=O) groups is 3. The van der Waals surface area contributed by atoms with E-state index in [4.69, 9.17) is 11.6 Å². The van der Waals surface area contributed by atoms with Crippen LogP contribution >= 0.6 is 11.6 Å². The van der Waals surface area contributed by atoms with Gasteiger partial charge in [-0.05, 0) is 30.3 Å². The molecule has 114 valence electrons. The van der Waals surface area contributed by atoms with Crippen molar-refractivity contribution in [1.29, 1.82) is 0 Å². The molecule has 7 nitrogen and oxygen atoms in total. The van der Waals surface area contributed by atoms with Gasteiger partial charge in [0.05, 0.1) is 18.7 Å². The predicted octanol–water partition coefficient (Wildman–Crippen LogP) is 0.809. The van der Waals surface area contributed by atoms with Gasteiger partial charge in [0.2, 0.25) is 11.8 Å². The molecule has 1 heterocycles. The first-order valence-electron chi connectivity index (χ1n) is 6.35. The van der Waals surface area contributed by atoms with Crippen molar-refractivity contribution in [2.75, 3.05) is 11.6 Å². The molecule has 8 heteroatoms. The molecule has 2 rings (SSSR count). The van der Waals surface area contributed by atoms with Crippen LogP contribution in [-0.4, -0.2) is 30.1 Å². The molecule has 0 atom stereocenters. The molecule has 0 fully saturated rings. The van der Waals surface area contributed by atoms with Gasteiger partial charge in [-0.15, -0.1) is 0 Å². The molecule has 1 aromatic carbocycles. The Morgan fingerprint density at radius 3 is 2.68 bits per heavy atom. The van der Waals surface area contributed by atoms with E-state index >= 15 is 0 Å². The highest BCUT2D eigenvalue weighted by Crippen LogP contribution is 2.21. The number of nitrogens with zero attached hydrogens (tertiary/aromatic N) is 2. The topological polar surface area (TPSA) is 90.9 Å². The summed E-state index contributed by atoms with van der Waals surface area (Å²) in [6.07, 6.45) is 1.04. The number of anilines is 1. The first kappa shape index (κ1) is 15.7. The van der Waals surface area contributed by atoms with Crippen molar-refractivity contribution in [3.63, 3.8) is 0 Å². The standard InChI is InChI=1S/C14H13ClN4O3/c1-2-12(20)16-8-13(21)17-11-7-14(22)19(18-11)10-5-3-9(15)4-6-10/h2-6H,1,7-8H2,(H,16,20)(H,17,18,21). The minimum Gasteiger partial charge on any atom is -0.343 e. The second-order valence-electron chi connectivity index (χ2n) is 4.38.